The highest BCUT2D eigenvalue weighted by atomic mass is 19.1. The first-order valence-corrected chi connectivity index (χ1v) is 5.28. The molecule has 16 heavy (non-hydrogen) atoms. The molecule has 82 valence electrons. The van der Waals surface area contributed by atoms with E-state index in [4.69, 9.17) is 5.73 Å². The number of nitrogens with two attached hydrogens (primary N) is 1. The van der Waals surface area contributed by atoms with Crippen molar-refractivity contribution in [3.63, 3.8) is 0 Å². The minimum absolute atomic E-state index is 0.203. The minimum atomic E-state index is -0.239. The fourth-order valence-corrected chi connectivity index (χ4v) is 1.75. The molecule has 1 aromatic heterocycles. The van der Waals surface area contributed by atoms with E-state index >= 15 is 0 Å². The van der Waals surface area contributed by atoms with Gasteiger partial charge in [-0.25, -0.2) is 4.39 Å². The molecule has 3 nitrogen and oxygen atoms in total. The van der Waals surface area contributed by atoms with Gasteiger partial charge >= 0.3 is 0 Å². The Labute approximate surface area is 92.5 Å². The van der Waals surface area contributed by atoms with Crippen LogP contribution in [0.15, 0.2) is 30.3 Å². The van der Waals surface area contributed by atoms with Crippen LogP contribution >= 0.6 is 0 Å². The van der Waals surface area contributed by atoms with Crippen molar-refractivity contribution in [2.75, 3.05) is 0 Å². The lowest BCUT2D eigenvalue weighted by atomic mass is 10.1. The maximum atomic E-state index is 12.8. The first-order valence-electron chi connectivity index (χ1n) is 5.28. The summed E-state index contributed by atoms with van der Waals surface area (Å²) in [5.41, 5.74) is 8.52. The Morgan fingerprint density at radius 3 is 2.56 bits per heavy atom. The highest BCUT2D eigenvalue weighted by Gasteiger charge is 2.41. The number of aromatic amines is 1. The molecule has 2 aromatic rings. The van der Waals surface area contributed by atoms with Crippen molar-refractivity contribution in [1.82, 2.24) is 10.2 Å². The van der Waals surface area contributed by atoms with E-state index in [0.717, 1.165) is 29.8 Å². The largest absolute Gasteiger partial charge is 0.320 e. The van der Waals surface area contributed by atoms with Crippen LogP contribution < -0.4 is 5.73 Å². The number of aromatic nitrogens is 2. The van der Waals surface area contributed by atoms with Crippen molar-refractivity contribution in [1.29, 1.82) is 0 Å². The number of benzene rings is 1. The number of rotatable bonds is 2. The molecule has 0 saturated heterocycles. The normalized spacial score (nSPS) is 17.4. The molecule has 1 aliphatic carbocycles. The van der Waals surface area contributed by atoms with Crippen LogP contribution in [0.3, 0.4) is 0 Å². The number of H-pyrrole nitrogens is 1. The molecule has 3 N–H and O–H groups in total. The van der Waals surface area contributed by atoms with Gasteiger partial charge in [-0.15, -0.1) is 0 Å². The quantitative estimate of drug-likeness (QED) is 0.809. The van der Waals surface area contributed by atoms with E-state index in [0.29, 0.717) is 0 Å². The second kappa shape index (κ2) is 3.15. The smallest absolute Gasteiger partial charge is 0.123 e. The third-order valence-electron chi connectivity index (χ3n) is 3.04. The Morgan fingerprint density at radius 2 is 1.94 bits per heavy atom. The van der Waals surface area contributed by atoms with Gasteiger partial charge in [0.15, 0.2) is 0 Å². The van der Waals surface area contributed by atoms with Gasteiger partial charge in [-0.3, -0.25) is 5.10 Å². The van der Waals surface area contributed by atoms with Crippen LogP contribution in [-0.4, -0.2) is 10.2 Å². The Kier molecular flexibility index (Phi) is 1.88. The van der Waals surface area contributed by atoms with Gasteiger partial charge in [0, 0.05) is 5.56 Å². The van der Waals surface area contributed by atoms with Crippen molar-refractivity contribution in [2.45, 2.75) is 18.4 Å². The maximum absolute atomic E-state index is 12.8. The first kappa shape index (κ1) is 9.54. The van der Waals surface area contributed by atoms with E-state index < -0.39 is 0 Å². The Hall–Kier alpha value is -1.68. The van der Waals surface area contributed by atoms with E-state index in [1.54, 1.807) is 12.1 Å². The van der Waals surface area contributed by atoms with E-state index in [1.165, 1.54) is 12.1 Å². The summed E-state index contributed by atoms with van der Waals surface area (Å²) in [5, 5.41) is 7.15. The first-order chi connectivity index (χ1) is 7.67. The van der Waals surface area contributed by atoms with Crippen LogP contribution in [-0.2, 0) is 5.54 Å². The fourth-order valence-electron chi connectivity index (χ4n) is 1.75. The van der Waals surface area contributed by atoms with Crippen molar-refractivity contribution >= 4 is 0 Å². The van der Waals surface area contributed by atoms with Gasteiger partial charge in [-0.1, -0.05) is 0 Å². The summed E-state index contributed by atoms with van der Waals surface area (Å²) in [6.45, 7) is 0. The van der Waals surface area contributed by atoms with E-state index in [1.807, 2.05) is 6.07 Å². The van der Waals surface area contributed by atoms with Gasteiger partial charge in [0.25, 0.3) is 0 Å². The molecule has 0 atom stereocenters. The molecule has 3 rings (SSSR count). The average molecular weight is 217 g/mol. The van der Waals surface area contributed by atoms with Gasteiger partial charge in [-0.05, 0) is 43.2 Å². The van der Waals surface area contributed by atoms with E-state index in [-0.39, 0.29) is 11.4 Å². The molecule has 4 heteroatoms. The summed E-state index contributed by atoms with van der Waals surface area (Å²) < 4.78 is 12.8. The molecule has 1 heterocycles. The Balaban J connectivity index is 1.95. The average Bonchev–Trinajstić information content (AvgIpc) is 2.84. The van der Waals surface area contributed by atoms with Gasteiger partial charge in [0.2, 0.25) is 0 Å². The second-order valence-corrected chi connectivity index (χ2v) is 4.33. The highest BCUT2D eigenvalue weighted by molar-refractivity contribution is 5.59. The van der Waals surface area contributed by atoms with Gasteiger partial charge in [0.1, 0.15) is 5.82 Å². The molecule has 0 unspecified atom stereocenters. The van der Waals surface area contributed by atoms with Crippen molar-refractivity contribution in [3.05, 3.63) is 41.8 Å². The highest BCUT2D eigenvalue weighted by Crippen LogP contribution is 2.42. The number of halogens is 1. The van der Waals surface area contributed by atoms with Crippen molar-refractivity contribution < 1.29 is 4.39 Å². The summed E-state index contributed by atoms with van der Waals surface area (Å²) in [6, 6.07) is 8.23. The molecule has 0 radical (unpaired) electrons. The molecule has 1 saturated carbocycles. The molecule has 0 amide bonds. The Morgan fingerprint density at radius 1 is 1.25 bits per heavy atom. The minimum Gasteiger partial charge on any atom is -0.320 e. The molecule has 0 bridgehead atoms. The van der Waals surface area contributed by atoms with Crippen LogP contribution in [0, 0.1) is 5.82 Å². The predicted molar refractivity (Wildman–Crippen MR) is 59.1 cm³/mol. The zero-order valence-corrected chi connectivity index (χ0v) is 8.70. The summed E-state index contributed by atoms with van der Waals surface area (Å²) in [6.07, 6.45) is 2.00. The zero-order valence-electron chi connectivity index (χ0n) is 8.70. The van der Waals surface area contributed by atoms with Gasteiger partial charge in [0.05, 0.1) is 16.9 Å². The number of hydrogen-bond acceptors (Lipinski definition) is 2. The molecular weight excluding hydrogens is 205 g/mol. The van der Waals surface area contributed by atoms with Gasteiger partial charge < -0.3 is 5.73 Å². The summed E-state index contributed by atoms with van der Waals surface area (Å²) in [7, 11) is 0. The van der Waals surface area contributed by atoms with E-state index in [2.05, 4.69) is 10.2 Å². The van der Waals surface area contributed by atoms with Crippen LogP contribution in [0.4, 0.5) is 4.39 Å². The molecule has 1 aromatic carbocycles. The standard InChI is InChI=1S/C12H12FN3/c13-9-3-1-8(2-4-9)10-7-11(16-15-10)12(14)5-6-12/h1-4,7H,5-6,14H2,(H,15,16). The molecular formula is C12H12FN3. The van der Waals surface area contributed by atoms with Crippen molar-refractivity contribution in [3.8, 4) is 11.3 Å². The third kappa shape index (κ3) is 1.51. The maximum Gasteiger partial charge on any atom is 0.123 e. The van der Waals surface area contributed by atoms with Crippen molar-refractivity contribution in [2.24, 2.45) is 5.73 Å². The number of nitrogens with one attached hydrogen (secondary N) is 1. The van der Waals surface area contributed by atoms with Crippen LogP contribution in [0.1, 0.15) is 18.5 Å². The van der Waals surface area contributed by atoms with Crippen LogP contribution in [0.2, 0.25) is 0 Å². The van der Waals surface area contributed by atoms with Crippen LogP contribution in [0.25, 0.3) is 11.3 Å². The lowest BCUT2D eigenvalue weighted by molar-refractivity contribution is 0.628. The van der Waals surface area contributed by atoms with E-state index in [9.17, 15) is 4.39 Å². The lowest BCUT2D eigenvalue weighted by Crippen LogP contribution is -2.18. The molecule has 1 aliphatic rings. The van der Waals surface area contributed by atoms with Crippen LogP contribution in [0.5, 0.6) is 0 Å². The summed E-state index contributed by atoms with van der Waals surface area (Å²) in [5.74, 6) is -0.239. The predicted octanol–water partition coefficient (Wildman–Crippen LogP) is 2.16. The lowest BCUT2D eigenvalue weighted by Gasteiger charge is -2.02. The van der Waals surface area contributed by atoms with Gasteiger partial charge in [-0.2, -0.15) is 5.10 Å². The fraction of sp³-hybridized carbons (Fsp3) is 0.250. The Bertz CT molecular complexity index is 511. The third-order valence-corrected chi connectivity index (χ3v) is 3.04. The SMILES string of the molecule is NC1(c2cc(-c3ccc(F)cc3)n[nH]2)CC1. The topological polar surface area (TPSA) is 54.7 Å². The molecule has 1 fully saturated rings. The monoisotopic (exact) mass is 217 g/mol. The number of hydrogen-bond donors (Lipinski definition) is 2. The second-order valence-electron chi connectivity index (χ2n) is 4.33. The summed E-state index contributed by atoms with van der Waals surface area (Å²) in [4.78, 5) is 0. The molecule has 0 aliphatic heterocycles. The molecule has 0 spiro atoms. The zero-order chi connectivity index (χ0) is 11.2. The summed E-state index contributed by atoms with van der Waals surface area (Å²) >= 11 is 0. The number of nitrogens with zero attached hydrogens (tertiary/aromatic N) is 1.